The number of ether oxygens (including phenoxy) is 4. The lowest BCUT2D eigenvalue weighted by molar-refractivity contribution is -0.134. The van der Waals surface area contributed by atoms with Crippen LogP contribution in [-0.2, 0) is 19.0 Å². The molecule has 0 bridgehead atoms. The maximum absolute atomic E-state index is 11.9. The topological polar surface area (TPSA) is 71.1 Å². The normalized spacial score (nSPS) is 10.5. The number of hydrogen-bond donors (Lipinski definition) is 0. The van der Waals surface area contributed by atoms with Crippen molar-refractivity contribution < 1.29 is 28.5 Å². The van der Waals surface area contributed by atoms with Crippen LogP contribution in [-0.4, -0.2) is 48.2 Å². The summed E-state index contributed by atoms with van der Waals surface area (Å²) in [6.45, 7) is 3.58. The third kappa shape index (κ3) is 7.07. The molecule has 0 aromatic heterocycles. The van der Waals surface area contributed by atoms with E-state index in [1.807, 2.05) is 0 Å². The molecule has 0 unspecified atom stereocenters. The number of carbonyl (C=O) groups excluding carboxylic acids is 2. The van der Waals surface area contributed by atoms with Gasteiger partial charge in [-0.2, -0.15) is 0 Å². The number of para-hydroxylation sites is 1. The molecule has 6 nitrogen and oxygen atoms in total. The summed E-state index contributed by atoms with van der Waals surface area (Å²) >= 11 is 0. The molecule has 2 radical (unpaired) electrons. The monoisotopic (exact) mass is 350 g/mol. The lowest BCUT2D eigenvalue weighted by Gasteiger charge is -2.12. The molecule has 0 spiro atoms. The lowest BCUT2D eigenvalue weighted by atomic mass is 10.2. The van der Waals surface area contributed by atoms with Crippen molar-refractivity contribution in [1.29, 1.82) is 0 Å². The Bertz CT molecular complexity index is 542. The number of carbonyl (C=O) groups is 2. The Morgan fingerprint density at radius 2 is 1.96 bits per heavy atom. The fourth-order valence-electron chi connectivity index (χ4n) is 1.83. The molecule has 0 N–H and O–H groups in total. The SMILES string of the molecule is C=CCOC(=O)c1ccccc1OC(=O)CCC[Si]C(OC)OC. The van der Waals surface area contributed by atoms with Gasteiger partial charge in [-0.3, -0.25) is 4.79 Å². The highest BCUT2D eigenvalue weighted by Crippen LogP contribution is 2.20. The van der Waals surface area contributed by atoms with E-state index in [1.165, 1.54) is 6.08 Å². The third-order valence-corrected chi connectivity index (χ3v) is 4.41. The van der Waals surface area contributed by atoms with Crippen LogP contribution in [0.1, 0.15) is 23.2 Å². The Kier molecular flexibility index (Phi) is 9.67. The molecule has 0 fully saturated rings. The molecule has 0 saturated carbocycles. The highest BCUT2D eigenvalue weighted by molar-refractivity contribution is 6.36. The Hall–Kier alpha value is -1.96. The van der Waals surface area contributed by atoms with Crippen molar-refractivity contribution in [3.63, 3.8) is 0 Å². The second-order valence-electron chi connectivity index (χ2n) is 4.72. The van der Waals surface area contributed by atoms with Crippen molar-refractivity contribution in [2.75, 3.05) is 20.8 Å². The zero-order valence-corrected chi connectivity index (χ0v) is 14.9. The smallest absolute Gasteiger partial charge is 0.342 e. The number of hydrogen-bond acceptors (Lipinski definition) is 6. The van der Waals surface area contributed by atoms with Gasteiger partial charge in [-0.15, -0.1) is 0 Å². The van der Waals surface area contributed by atoms with Crippen LogP contribution in [0.5, 0.6) is 5.75 Å². The molecule has 0 heterocycles. The summed E-state index contributed by atoms with van der Waals surface area (Å²) in [6.07, 6.45) is 2.38. The highest BCUT2D eigenvalue weighted by atomic mass is 28.2. The van der Waals surface area contributed by atoms with Crippen LogP contribution >= 0.6 is 0 Å². The van der Waals surface area contributed by atoms with Gasteiger partial charge in [0.25, 0.3) is 0 Å². The maximum Gasteiger partial charge on any atom is 0.342 e. The van der Waals surface area contributed by atoms with Crippen molar-refractivity contribution in [3.05, 3.63) is 42.5 Å². The molecule has 1 aromatic rings. The van der Waals surface area contributed by atoms with Gasteiger partial charge in [-0.05, 0) is 18.6 Å². The number of rotatable bonds is 11. The van der Waals surface area contributed by atoms with Crippen LogP contribution < -0.4 is 4.74 Å². The van der Waals surface area contributed by atoms with Crippen molar-refractivity contribution in [3.8, 4) is 5.75 Å². The van der Waals surface area contributed by atoms with Crippen molar-refractivity contribution in [2.24, 2.45) is 0 Å². The van der Waals surface area contributed by atoms with Crippen LogP contribution in [0.2, 0.25) is 6.04 Å². The molecule has 0 aliphatic heterocycles. The predicted molar refractivity (Wildman–Crippen MR) is 90.2 cm³/mol. The summed E-state index contributed by atoms with van der Waals surface area (Å²) in [6, 6.07) is 7.28. The molecule has 0 aliphatic carbocycles. The minimum absolute atomic E-state index is 0.0994. The Labute approximate surface area is 144 Å². The van der Waals surface area contributed by atoms with Gasteiger partial charge in [-0.25, -0.2) is 4.79 Å². The number of methoxy groups -OCH3 is 2. The number of esters is 2. The van der Waals surface area contributed by atoms with Gasteiger partial charge in [0.15, 0.2) is 0 Å². The van der Waals surface area contributed by atoms with E-state index in [9.17, 15) is 9.59 Å². The van der Waals surface area contributed by atoms with E-state index in [0.29, 0.717) is 15.9 Å². The minimum Gasteiger partial charge on any atom is -0.458 e. The maximum atomic E-state index is 11.9. The fraction of sp³-hybridized carbons (Fsp3) is 0.412. The van der Waals surface area contributed by atoms with Crippen LogP contribution in [0, 0.1) is 0 Å². The summed E-state index contributed by atoms with van der Waals surface area (Å²) in [5.74, 6) is -0.981. The first-order chi connectivity index (χ1) is 11.6. The summed E-state index contributed by atoms with van der Waals surface area (Å²) < 4.78 is 20.4. The van der Waals surface area contributed by atoms with E-state index >= 15 is 0 Å². The molecule has 0 aliphatic rings. The van der Waals surface area contributed by atoms with E-state index in [2.05, 4.69) is 6.58 Å². The summed E-state index contributed by atoms with van der Waals surface area (Å²) in [7, 11) is 3.61. The highest BCUT2D eigenvalue weighted by Gasteiger charge is 2.16. The second-order valence-corrected chi connectivity index (χ2v) is 6.10. The van der Waals surface area contributed by atoms with Crippen molar-refractivity contribution in [2.45, 2.75) is 24.8 Å². The van der Waals surface area contributed by atoms with E-state index < -0.39 is 11.9 Å². The van der Waals surface area contributed by atoms with Crippen LogP contribution in [0.3, 0.4) is 0 Å². The molecule has 0 atom stereocenters. The van der Waals surface area contributed by atoms with Gasteiger partial charge in [0.2, 0.25) is 0 Å². The van der Waals surface area contributed by atoms with Crippen LogP contribution in [0.4, 0.5) is 0 Å². The van der Waals surface area contributed by atoms with Gasteiger partial charge in [0.05, 0.1) is 0 Å². The Morgan fingerprint density at radius 1 is 1.25 bits per heavy atom. The first-order valence-electron chi connectivity index (χ1n) is 7.49. The third-order valence-electron chi connectivity index (χ3n) is 2.96. The molecule has 1 aromatic carbocycles. The van der Waals surface area contributed by atoms with E-state index in [0.717, 1.165) is 6.04 Å². The molecule has 1 rings (SSSR count). The molecular formula is C17H22O6Si. The predicted octanol–water partition coefficient (Wildman–Crippen LogP) is 2.41. The van der Waals surface area contributed by atoms with Gasteiger partial charge in [0, 0.05) is 20.6 Å². The van der Waals surface area contributed by atoms with E-state index in [4.69, 9.17) is 18.9 Å². The molecule has 0 saturated heterocycles. The van der Waals surface area contributed by atoms with Gasteiger partial charge in [-0.1, -0.05) is 30.8 Å². The van der Waals surface area contributed by atoms with Crippen LogP contribution in [0.25, 0.3) is 0 Å². The summed E-state index contributed by atoms with van der Waals surface area (Å²) in [4.78, 5) is 23.9. The van der Waals surface area contributed by atoms with Gasteiger partial charge >= 0.3 is 11.9 Å². The van der Waals surface area contributed by atoms with E-state index in [-0.39, 0.29) is 30.3 Å². The molecule has 0 amide bonds. The van der Waals surface area contributed by atoms with Crippen LogP contribution in [0.15, 0.2) is 36.9 Å². The van der Waals surface area contributed by atoms with Crippen molar-refractivity contribution >= 4 is 21.5 Å². The second kappa shape index (κ2) is 11.6. The first-order valence-corrected chi connectivity index (χ1v) is 8.77. The summed E-state index contributed by atoms with van der Waals surface area (Å²) in [5, 5.41) is 0. The molecule has 24 heavy (non-hydrogen) atoms. The first kappa shape index (κ1) is 20.1. The Balaban J connectivity index is 2.49. The van der Waals surface area contributed by atoms with E-state index in [1.54, 1.807) is 38.5 Å². The van der Waals surface area contributed by atoms with Gasteiger partial charge < -0.3 is 18.9 Å². The zero-order valence-electron chi connectivity index (χ0n) is 13.9. The largest absolute Gasteiger partial charge is 0.458 e. The summed E-state index contributed by atoms with van der Waals surface area (Å²) in [5.41, 5.74) is 0.216. The average Bonchev–Trinajstić information content (AvgIpc) is 2.60. The van der Waals surface area contributed by atoms with Gasteiger partial charge in [0.1, 0.15) is 33.4 Å². The number of benzene rings is 1. The lowest BCUT2D eigenvalue weighted by Crippen LogP contribution is -2.21. The molecule has 130 valence electrons. The molecule has 7 heteroatoms. The minimum atomic E-state index is -0.553. The average molecular weight is 350 g/mol. The van der Waals surface area contributed by atoms with Crippen molar-refractivity contribution in [1.82, 2.24) is 0 Å². The molecular weight excluding hydrogens is 328 g/mol. The standard InChI is InChI=1S/C17H22O6Si/c1-4-11-22-16(19)13-8-5-6-9-14(13)23-15(18)10-7-12-24-17(20-2)21-3/h4-6,8-9,17H,1,7,10-12H2,2-3H3. The Morgan fingerprint density at radius 3 is 2.62 bits per heavy atom. The quantitative estimate of drug-likeness (QED) is 0.152. The zero-order chi connectivity index (χ0) is 17.8. The fourth-order valence-corrected chi connectivity index (χ4v) is 2.78.